The Kier molecular flexibility index (Phi) is 3.27. The Labute approximate surface area is 120 Å². The number of fused-ring (bicyclic) bond motifs is 1. The first-order valence-corrected chi connectivity index (χ1v) is 6.54. The first kappa shape index (κ1) is 13.1. The van der Waals surface area contributed by atoms with Crippen LogP contribution in [0.2, 0.25) is 0 Å². The van der Waals surface area contributed by atoms with E-state index in [0.717, 1.165) is 17.0 Å². The number of aromatic nitrogens is 3. The number of rotatable bonds is 3. The number of pyridine rings is 2. The number of carbonyl (C=O) groups excluding carboxylic acids is 1. The maximum absolute atomic E-state index is 12.0. The number of nitrogens with one attached hydrogen (secondary N) is 2. The number of carbonyl (C=O) groups is 1. The van der Waals surface area contributed by atoms with Crippen LogP contribution in [0.3, 0.4) is 0 Å². The van der Waals surface area contributed by atoms with Gasteiger partial charge < -0.3 is 14.7 Å². The van der Waals surface area contributed by atoms with E-state index >= 15 is 0 Å². The van der Waals surface area contributed by atoms with Crippen LogP contribution >= 0.6 is 0 Å². The van der Waals surface area contributed by atoms with Gasteiger partial charge in [-0.05, 0) is 31.2 Å². The standard InChI is InChI=1S/C15H14N4O2/c1-10-5-6-12(15(21)17-10)14(20)16-8-11-9-19-7-3-2-4-13(19)18-11/h2-7,9H,8H2,1H3,(H,16,20)(H,17,21). The molecule has 6 heteroatoms. The van der Waals surface area contributed by atoms with E-state index < -0.39 is 5.91 Å². The third kappa shape index (κ3) is 2.69. The van der Waals surface area contributed by atoms with Gasteiger partial charge in [-0.15, -0.1) is 0 Å². The molecule has 0 aliphatic carbocycles. The molecule has 1 amide bonds. The molecule has 0 fully saturated rings. The predicted molar refractivity (Wildman–Crippen MR) is 78.2 cm³/mol. The van der Waals surface area contributed by atoms with Crippen molar-refractivity contribution in [2.45, 2.75) is 13.5 Å². The summed E-state index contributed by atoms with van der Waals surface area (Å²) in [5.74, 6) is -0.409. The van der Waals surface area contributed by atoms with Gasteiger partial charge in [0.15, 0.2) is 0 Å². The molecule has 6 nitrogen and oxygen atoms in total. The second kappa shape index (κ2) is 5.24. The molecule has 106 valence electrons. The lowest BCUT2D eigenvalue weighted by atomic mass is 10.2. The minimum absolute atomic E-state index is 0.101. The van der Waals surface area contributed by atoms with E-state index in [1.54, 1.807) is 13.0 Å². The summed E-state index contributed by atoms with van der Waals surface area (Å²) in [5.41, 5.74) is 1.98. The van der Waals surface area contributed by atoms with Crippen LogP contribution in [-0.4, -0.2) is 20.3 Å². The summed E-state index contributed by atoms with van der Waals surface area (Å²) in [5, 5.41) is 2.70. The molecular formula is C15H14N4O2. The molecule has 0 radical (unpaired) electrons. The summed E-state index contributed by atoms with van der Waals surface area (Å²) < 4.78 is 1.88. The van der Waals surface area contributed by atoms with Gasteiger partial charge >= 0.3 is 0 Å². The number of aryl methyl sites for hydroxylation is 1. The van der Waals surface area contributed by atoms with Crippen LogP contribution in [0, 0.1) is 6.92 Å². The fourth-order valence-corrected chi connectivity index (χ4v) is 2.09. The molecule has 0 saturated heterocycles. The SMILES string of the molecule is Cc1ccc(C(=O)NCc2cn3ccccc3n2)c(=O)[nH]1. The lowest BCUT2D eigenvalue weighted by molar-refractivity contribution is 0.0949. The molecular weight excluding hydrogens is 268 g/mol. The van der Waals surface area contributed by atoms with Crippen LogP contribution in [0.15, 0.2) is 47.5 Å². The molecule has 2 N–H and O–H groups in total. The van der Waals surface area contributed by atoms with Gasteiger partial charge in [0.05, 0.1) is 12.2 Å². The summed E-state index contributed by atoms with van der Waals surface area (Å²) in [6, 6.07) is 8.91. The molecule has 0 saturated carbocycles. The minimum Gasteiger partial charge on any atom is -0.346 e. The highest BCUT2D eigenvalue weighted by atomic mass is 16.2. The average molecular weight is 282 g/mol. The number of hydrogen-bond donors (Lipinski definition) is 2. The highest BCUT2D eigenvalue weighted by Crippen LogP contribution is 2.04. The topological polar surface area (TPSA) is 79.3 Å². The fourth-order valence-electron chi connectivity index (χ4n) is 2.09. The monoisotopic (exact) mass is 282 g/mol. The molecule has 0 unspecified atom stereocenters. The molecule has 3 heterocycles. The molecule has 0 spiro atoms. The molecule has 0 aliphatic rings. The minimum atomic E-state index is -0.409. The van der Waals surface area contributed by atoms with Crippen molar-refractivity contribution in [1.82, 2.24) is 19.7 Å². The van der Waals surface area contributed by atoms with Crippen molar-refractivity contribution < 1.29 is 4.79 Å². The van der Waals surface area contributed by atoms with Gasteiger partial charge in [0.2, 0.25) is 0 Å². The van der Waals surface area contributed by atoms with Crippen molar-refractivity contribution in [2.75, 3.05) is 0 Å². The first-order chi connectivity index (χ1) is 10.1. The van der Waals surface area contributed by atoms with E-state index in [4.69, 9.17) is 0 Å². The number of H-pyrrole nitrogens is 1. The Hall–Kier alpha value is -2.89. The highest BCUT2D eigenvalue weighted by Gasteiger charge is 2.10. The Morgan fingerprint density at radius 1 is 1.33 bits per heavy atom. The van der Waals surface area contributed by atoms with Crippen molar-refractivity contribution in [1.29, 1.82) is 0 Å². The second-order valence-electron chi connectivity index (χ2n) is 4.77. The van der Waals surface area contributed by atoms with Gasteiger partial charge in [0, 0.05) is 18.1 Å². The van der Waals surface area contributed by atoms with Crippen molar-refractivity contribution in [3.63, 3.8) is 0 Å². The van der Waals surface area contributed by atoms with E-state index in [0.29, 0.717) is 0 Å². The van der Waals surface area contributed by atoms with Crippen LogP contribution in [0.5, 0.6) is 0 Å². The van der Waals surface area contributed by atoms with Gasteiger partial charge in [-0.3, -0.25) is 9.59 Å². The zero-order valence-electron chi connectivity index (χ0n) is 11.5. The Bertz CT molecular complexity index is 830. The molecule has 3 aromatic heterocycles. The van der Waals surface area contributed by atoms with Gasteiger partial charge in [0.1, 0.15) is 11.2 Å². The lowest BCUT2D eigenvalue weighted by Gasteiger charge is -2.02. The number of imidazole rings is 1. The highest BCUT2D eigenvalue weighted by molar-refractivity contribution is 5.93. The lowest BCUT2D eigenvalue weighted by Crippen LogP contribution is -2.29. The summed E-state index contributed by atoms with van der Waals surface area (Å²) in [6.07, 6.45) is 3.73. The third-order valence-corrected chi connectivity index (χ3v) is 3.14. The summed E-state index contributed by atoms with van der Waals surface area (Å²) >= 11 is 0. The molecule has 21 heavy (non-hydrogen) atoms. The van der Waals surface area contributed by atoms with Crippen LogP contribution in [0.4, 0.5) is 0 Å². The maximum Gasteiger partial charge on any atom is 0.260 e. The van der Waals surface area contributed by atoms with E-state index in [1.807, 2.05) is 35.0 Å². The molecule has 0 bridgehead atoms. The number of aromatic amines is 1. The van der Waals surface area contributed by atoms with Crippen molar-refractivity contribution in [3.8, 4) is 0 Å². The molecule has 3 aromatic rings. The van der Waals surface area contributed by atoms with Crippen molar-refractivity contribution in [2.24, 2.45) is 0 Å². The average Bonchev–Trinajstić information content (AvgIpc) is 2.87. The second-order valence-corrected chi connectivity index (χ2v) is 4.77. The Morgan fingerprint density at radius 3 is 2.95 bits per heavy atom. The quantitative estimate of drug-likeness (QED) is 0.759. The zero-order valence-corrected chi connectivity index (χ0v) is 11.5. The molecule has 3 rings (SSSR count). The van der Waals surface area contributed by atoms with Crippen LogP contribution in [-0.2, 0) is 6.54 Å². The Morgan fingerprint density at radius 2 is 2.19 bits per heavy atom. The van der Waals surface area contributed by atoms with Crippen molar-refractivity contribution in [3.05, 3.63) is 70.0 Å². The molecule has 0 atom stereocenters. The van der Waals surface area contributed by atoms with E-state index in [2.05, 4.69) is 15.3 Å². The summed E-state index contributed by atoms with van der Waals surface area (Å²) in [4.78, 5) is 30.7. The normalized spacial score (nSPS) is 10.7. The van der Waals surface area contributed by atoms with Crippen molar-refractivity contribution >= 4 is 11.6 Å². The predicted octanol–water partition coefficient (Wildman–Crippen LogP) is 1.26. The first-order valence-electron chi connectivity index (χ1n) is 6.54. The Balaban J connectivity index is 1.74. The third-order valence-electron chi connectivity index (χ3n) is 3.14. The number of hydrogen-bond acceptors (Lipinski definition) is 3. The number of nitrogens with zero attached hydrogens (tertiary/aromatic N) is 2. The van der Waals surface area contributed by atoms with E-state index in [-0.39, 0.29) is 17.7 Å². The van der Waals surface area contributed by atoms with Gasteiger partial charge in [-0.2, -0.15) is 0 Å². The largest absolute Gasteiger partial charge is 0.346 e. The summed E-state index contributed by atoms with van der Waals surface area (Å²) in [6.45, 7) is 2.04. The van der Waals surface area contributed by atoms with Gasteiger partial charge in [0.25, 0.3) is 11.5 Å². The molecule has 0 aromatic carbocycles. The van der Waals surface area contributed by atoms with E-state index in [1.165, 1.54) is 6.07 Å². The van der Waals surface area contributed by atoms with E-state index in [9.17, 15) is 9.59 Å². The van der Waals surface area contributed by atoms with Crippen LogP contribution in [0.1, 0.15) is 21.7 Å². The zero-order chi connectivity index (χ0) is 14.8. The molecule has 0 aliphatic heterocycles. The van der Waals surface area contributed by atoms with Crippen LogP contribution < -0.4 is 10.9 Å². The van der Waals surface area contributed by atoms with Crippen LogP contribution in [0.25, 0.3) is 5.65 Å². The summed E-state index contributed by atoms with van der Waals surface area (Å²) in [7, 11) is 0. The van der Waals surface area contributed by atoms with Gasteiger partial charge in [-0.25, -0.2) is 4.98 Å². The number of amides is 1. The smallest absolute Gasteiger partial charge is 0.260 e. The maximum atomic E-state index is 12.0. The fraction of sp³-hybridized carbons (Fsp3) is 0.133. The van der Waals surface area contributed by atoms with Gasteiger partial charge in [-0.1, -0.05) is 6.07 Å².